The lowest BCUT2D eigenvalue weighted by molar-refractivity contribution is -0.137. The molecule has 1 aromatic carbocycles. The summed E-state index contributed by atoms with van der Waals surface area (Å²) in [6, 6.07) is 2.11. The van der Waals surface area contributed by atoms with E-state index in [1.165, 1.54) is 19.9 Å². The summed E-state index contributed by atoms with van der Waals surface area (Å²) in [6.45, 7) is 2.81. The van der Waals surface area contributed by atoms with Crippen molar-refractivity contribution in [2.75, 3.05) is 0 Å². The maximum absolute atomic E-state index is 13.5. The van der Waals surface area contributed by atoms with Crippen molar-refractivity contribution in [3.8, 4) is 0 Å². The fourth-order valence-electron chi connectivity index (χ4n) is 1.36. The molecule has 0 aliphatic carbocycles. The predicted octanol–water partition coefficient (Wildman–Crippen LogP) is 3.42. The normalized spacial score (nSPS) is 12.1. The summed E-state index contributed by atoms with van der Waals surface area (Å²) in [5.74, 6) is -1.05. The summed E-state index contributed by atoms with van der Waals surface area (Å²) < 4.78 is 50.4. The molecule has 0 atom stereocenters. The van der Waals surface area contributed by atoms with Crippen LogP contribution in [0.15, 0.2) is 23.2 Å². The molecule has 0 N–H and O–H groups in total. The molecule has 0 radical (unpaired) electrons. The van der Waals surface area contributed by atoms with Gasteiger partial charge in [-0.2, -0.15) is 18.2 Å². The van der Waals surface area contributed by atoms with Crippen LogP contribution in [0.2, 0.25) is 0 Å². The highest BCUT2D eigenvalue weighted by Crippen LogP contribution is 2.33. The molecule has 6 heteroatoms. The molecule has 0 unspecified atom stereocenters. The molecule has 0 saturated carbocycles. The van der Waals surface area contributed by atoms with Crippen LogP contribution in [0.1, 0.15) is 25.0 Å². The second-order valence-corrected chi connectivity index (χ2v) is 3.95. The number of halogens is 4. The highest BCUT2D eigenvalue weighted by Gasteiger charge is 2.33. The predicted molar refractivity (Wildman–Crippen MR) is 52.5 cm³/mol. The van der Waals surface area contributed by atoms with E-state index in [9.17, 15) is 22.4 Å². The van der Waals surface area contributed by atoms with Gasteiger partial charge < -0.3 is 0 Å². The molecule has 0 saturated heterocycles. The van der Waals surface area contributed by atoms with Crippen LogP contribution in [0.4, 0.5) is 17.6 Å². The van der Waals surface area contributed by atoms with E-state index in [2.05, 4.69) is 4.99 Å². The fourth-order valence-corrected chi connectivity index (χ4v) is 1.36. The van der Waals surface area contributed by atoms with Gasteiger partial charge in [0, 0.05) is 5.56 Å². The molecule has 0 bridgehead atoms. The molecule has 92 valence electrons. The van der Waals surface area contributed by atoms with Crippen LogP contribution in [-0.4, -0.2) is 6.08 Å². The number of alkyl halides is 3. The number of aliphatic imine (C=N–C) groups is 1. The van der Waals surface area contributed by atoms with Crippen molar-refractivity contribution in [1.29, 1.82) is 0 Å². The Hall–Kier alpha value is -1.68. The Labute approximate surface area is 95.0 Å². The van der Waals surface area contributed by atoms with E-state index in [0.29, 0.717) is 6.07 Å². The van der Waals surface area contributed by atoms with Crippen molar-refractivity contribution in [1.82, 2.24) is 0 Å². The maximum atomic E-state index is 13.5. The van der Waals surface area contributed by atoms with Gasteiger partial charge in [0.25, 0.3) is 0 Å². The Morgan fingerprint density at radius 2 is 1.82 bits per heavy atom. The van der Waals surface area contributed by atoms with Crippen molar-refractivity contribution in [2.24, 2.45) is 4.99 Å². The van der Waals surface area contributed by atoms with E-state index >= 15 is 0 Å². The number of hydrogen-bond acceptors (Lipinski definition) is 2. The van der Waals surface area contributed by atoms with E-state index < -0.39 is 23.1 Å². The Morgan fingerprint density at radius 1 is 1.24 bits per heavy atom. The third-order valence-corrected chi connectivity index (χ3v) is 2.28. The summed E-state index contributed by atoms with van der Waals surface area (Å²) in [5.41, 5.74) is -2.41. The average molecular weight is 247 g/mol. The summed E-state index contributed by atoms with van der Waals surface area (Å²) in [5, 5.41) is 0. The first-order valence-electron chi connectivity index (χ1n) is 4.65. The van der Waals surface area contributed by atoms with E-state index in [0.717, 1.165) is 12.1 Å². The molecule has 0 fully saturated rings. The van der Waals surface area contributed by atoms with Gasteiger partial charge in [-0.15, -0.1) is 0 Å². The monoisotopic (exact) mass is 247 g/mol. The topological polar surface area (TPSA) is 29.4 Å². The van der Waals surface area contributed by atoms with Crippen LogP contribution in [-0.2, 0) is 16.5 Å². The van der Waals surface area contributed by atoms with Crippen LogP contribution in [0.5, 0.6) is 0 Å². The van der Waals surface area contributed by atoms with E-state index in [4.69, 9.17) is 0 Å². The molecule has 0 aliphatic heterocycles. The van der Waals surface area contributed by atoms with Crippen molar-refractivity contribution >= 4 is 6.08 Å². The summed E-state index contributed by atoms with van der Waals surface area (Å²) >= 11 is 0. The van der Waals surface area contributed by atoms with E-state index in [1.54, 1.807) is 0 Å². The quantitative estimate of drug-likeness (QED) is 0.447. The summed E-state index contributed by atoms with van der Waals surface area (Å²) in [4.78, 5) is 13.5. The molecule has 2 nitrogen and oxygen atoms in total. The molecule has 1 rings (SSSR count). The third kappa shape index (κ3) is 2.91. The smallest absolute Gasteiger partial charge is 0.211 e. The molecular weight excluding hydrogens is 238 g/mol. The van der Waals surface area contributed by atoms with Gasteiger partial charge in [-0.1, -0.05) is 6.07 Å². The molecular formula is C11H9F4NO. The largest absolute Gasteiger partial charge is 0.416 e. The van der Waals surface area contributed by atoms with Crippen LogP contribution < -0.4 is 0 Å². The number of benzene rings is 1. The molecule has 17 heavy (non-hydrogen) atoms. The van der Waals surface area contributed by atoms with Gasteiger partial charge in [0.15, 0.2) is 0 Å². The minimum atomic E-state index is -4.60. The summed E-state index contributed by atoms with van der Waals surface area (Å²) in [7, 11) is 0. The third-order valence-electron chi connectivity index (χ3n) is 2.28. The molecule has 0 amide bonds. The van der Waals surface area contributed by atoms with E-state index in [1.807, 2.05) is 0 Å². The minimum Gasteiger partial charge on any atom is -0.211 e. The highest BCUT2D eigenvalue weighted by atomic mass is 19.4. The summed E-state index contributed by atoms with van der Waals surface area (Å²) in [6.07, 6.45) is -3.34. The van der Waals surface area contributed by atoms with Gasteiger partial charge in [-0.3, -0.25) is 0 Å². The SMILES string of the molecule is CC(C)(N=C=O)c1ccc(C(F)(F)F)cc1F. The maximum Gasteiger partial charge on any atom is 0.416 e. The highest BCUT2D eigenvalue weighted by molar-refractivity contribution is 5.38. The number of hydrogen-bond donors (Lipinski definition) is 0. The van der Waals surface area contributed by atoms with Crippen molar-refractivity contribution in [3.63, 3.8) is 0 Å². The Bertz CT molecular complexity index is 473. The molecule has 0 heterocycles. The molecule has 0 aliphatic rings. The number of rotatable bonds is 2. The second kappa shape index (κ2) is 4.30. The molecule has 1 aromatic rings. The Morgan fingerprint density at radius 3 is 2.24 bits per heavy atom. The minimum absolute atomic E-state index is 0.0890. The van der Waals surface area contributed by atoms with Gasteiger partial charge in [0.2, 0.25) is 6.08 Å². The lowest BCUT2D eigenvalue weighted by Crippen LogP contribution is -2.17. The zero-order valence-electron chi connectivity index (χ0n) is 9.10. The van der Waals surface area contributed by atoms with Crippen molar-refractivity contribution in [2.45, 2.75) is 25.6 Å². The van der Waals surface area contributed by atoms with Crippen LogP contribution >= 0.6 is 0 Å². The van der Waals surface area contributed by atoms with Crippen molar-refractivity contribution in [3.05, 3.63) is 35.1 Å². The van der Waals surface area contributed by atoms with Gasteiger partial charge in [-0.05, 0) is 26.0 Å². The first kappa shape index (κ1) is 13.4. The lowest BCUT2D eigenvalue weighted by atomic mass is 9.93. The van der Waals surface area contributed by atoms with Crippen LogP contribution in [0, 0.1) is 5.82 Å². The van der Waals surface area contributed by atoms with Gasteiger partial charge in [0.1, 0.15) is 5.82 Å². The average Bonchev–Trinajstić information content (AvgIpc) is 2.15. The van der Waals surface area contributed by atoms with Crippen LogP contribution in [0.3, 0.4) is 0 Å². The fraction of sp³-hybridized carbons (Fsp3) is 0.364. The standard InChI is InChI=1S/C11H9F4NO/c1-10(2,16-6-17)8-4-3-7(5-9(8)12)11(13,14)15/h3-5H,1-2H3. The number of carbonyl (C=O) groups excluding carboxylic acids is 1. The number of isocyanates is 1. The van der Waals surface area contributed by atoms with Crippen LogP contribution in [0.25, 0.3) is 0 Å². The first-order valence-corrected chi connectivity index (χ1v) is 4.65. The number of nitrogens with zero attached hydrogens (tertiary/aromatic N) is 1. The zero-order chi connectivity index (χ0) is 13.3. The van der Waals surface area contributed by atoms with E-state index in [-0.39, 0.29) is 5.56 Å². The molecule has 0 aromatic heterocycles. The van der Waals surface area contributed by atoms with Gasteiger partial charge in [-0.25, -0.2) is 9.18 Å². The zero-order valence-corrected chi connectivity index (χ0v) is 9.10. The lowest BCUT2D eigenvalue weighted by Gasteiger charge is -2.19. The first-order chi connectivity index (χ1) is 7.68. The van der Waals surface area contributed by atoms with Gasteiger partial charge in [0.05, 0.1) is 11.1 Å². The second-order valence-electron chi connectivity index (χ2n) is 3.95. The Balaban J connectivity index is 3.28. The molecule has 0 spiro atoms. The Kier molecular flexibility index (Phi) is 3.38. The van der Waals surface area contributed by atoms with Gasteiger partial charge >= 0.3 is 6.18 Å². The van der Waals surface area contributed by atoms with Crippen molar-refractivity contribution < 1.29 is 22.4 Å².